The summed E-state index contributed by atoms with van der Waals surface area (Å²) in [5.41, 5.74) is 6.08. The number of urea groups is 1. The van der Waals surface area contributed by atoms with Crippen LogP contribution in [0.4, 0.5) is 4.79 Å². The number of rotatable bonds is 7. The predicted molar refractivity (Wildman–Crippen MR) is 173 cm³/mol. The van der Waals surface area contributed by atoms with E-state index in [9.17, 15) is 18.0 Å². The molecule has 1 saturated carbocycles. The Morgan fingerprint density at radius 1 is 1.00 bits per heavy atom. The van der Waals surface area contributed by atoms with Gasteiger partial charge in [0, 0.05) is 53.2 Å². The molecule has 0 bridgehead atoms. The molecule has 7 rings (SSSR count). The van der Waals surface area contributed by atoms with E-state index >= 15 is 0 Å². The zero-order valence-corrected chi connectivity index (χ0v) is 26.0. The van der Waals surface area contributed by atoms with Crippen molar-refractivity contribution in [3.05, 3.63) is 113 Å². The summed E-state index contributed by atoms with van der Waals surface area (Å²) in [6.07, 6.45) is 6.37. The van der Waals surface area contributed by atoms with Crippen LogP contribution in [0.15, 0.2) is 96.2 Å². The van der Waals surface area contributed by atoms with Gasteiger partial charge in [-0.1, -0.05) is 35.9 Å². The summed E-state index contributed by atoms with van der Waals surface area (Å²) < 4.78 is 29.4. The van der Waals surface area contributed by atoms with Gasteiger partial charge in [-0.15, -0.1) is 0 Å². The highest BCUT2D eigenvalue weighted by Gasteiger charge is 2.44. The van der Waals surface area contributed by atoms with Crippen LogP contribution in [0.5, 0.6) is 0 Å². The zero-order chi connectivity index (χ0) is 31.3. The molecule has 3 heterocycles. The van der Waals surface area contributed by atoms with Gasteiger partial charge in [0.2, 0.25) is 0 Å². The number of likely N-dealkylation sites (N-methyl/N-ethyl adjacent to an activating group) is 1. The minimum atomic E-state index is -4.03. The molecule has 2 aromatic heterocycles. The largest absolute Gasteiger partial charge is 0.340 e. The van der Waals surface area contributed by atoms with E-state index in [0.717, 1.165) is 58.1 Å². The number of nitrogens with one attached hydrogen (secondary N) is 2. The van der Waals surface area contributed by atoms with Crippen molar-refractivity contribution in [2.45, 2.75) is 36.1 Å². The Hall–Kier alpha value is -4.67. The Morgan fingerprint density at radius 2 is 1.76 bits per heavy atom. The molecule has 0 unspecified atom stereocenters. The maximum atomic E-state index is 13.5. The molecule has 9 nitrogen and oxygen atoms in total. The zero-order valence-electron chi connectivity index (χ0n) is 24.5. The Bertz CT molecular complexity index is 2060. The molecule has 1 fully saturated rings. The van der Waals surface area contributed by atoms with Gasteiger partial charge in [0.25, 0.3) is 15.9 Å². The van der Waals surface area contributed by atoms with Crippen LogP contribution >= 0.6 is 11.6 Å². The molecular formula is C34H30ClN5O4S. The average Bonchev–Trinajstić information content (AvgIpc) is 3.69. The van der Waals surface area contributed by atoms with Crippen LogP contribution in [0.3, 0.4) is 0 Å². The first kappa shape index (κ1) is 29.1. The van der Waals surface area contributed by atoms with Gasteiger partial charge in [-0.2, -0.15) is 0 Å². The topological polar surface area (TPSA) is 113 Å². The van der Waals surface area contributed by atoms with Crippen LogP contribution in [0.1, 0.15) is 34.5 Å². The minimum Gasteiger partial charge on any atom is -0.340 e. The van der Waals surface area contributed by atoms with E-state index in [2.05, 4.69) is 33.2 Å². The van der Waals surface area contributed by atoms with E-state index in [1.165, 1.54) is 24.3 Å². The Morgan fingerprint density at radius 3 is 2.44 bits per heavy atom. The number of pyridine rings is 1. The molecule has 45 heavy (non-hydrogen) atoms. The highest BCUT2D eigenvalue weighted by atomic mass is 35.5. The van der Waals surface area contributed by atoms with Gasteiger partial charge >= 0.3 is 6.03 Å². The van der Waals surface area contributed by atoms with Crippen LogP contribution in [0, 0.1) is 0 Å². The number of carbonyl (C=O) groups is 2. The molecule has 0 radical (unpaired) electrons. The lowest BCUT2D eigenvalue weighted by atomic mass is 10.00. The van der Waals surface area contributed by atoms with Crippen molar-refractivity contribution in [3.8, 4) is 16.8 Å². The number of halogens is 1. The normalized spacial score (nSPS) is 15.5. The van der Waals surface area contributed by atoms with Crippen molar-refractivity contribution in [1.29, 1.82) is 0 Å². The van der Waals surface area contributed by atoms with Crippen molar-refractivity contribution in [3.63, 3.8) is 0 Å². The van der Waals surface area contributed by atoms with Gasteiger partial charge < -0.3 is 14.8 Å². The number of hydrogen-bond acceptors (Lipinski definition) is 5. The van der Waals surface area contributed by atoms with Gasteiger partial charge in [-0.25, -0.2) is 17.9 Å². The van der Waals surface area contributed by atoms with Gasteiger partial charge in [0.1, 0.15) is 5.69 Å². The summed E-state index contributed by atoms with van der Waals surface area (Å²) in [4.78, 5) is 32.2. The first-order valence-corrected chi connectivity index (χ1v) is 16.5. The molecule has 228 valence electrons. The Labute approximate surface area is 265 Å². The van der Waals surface area contributed by atoms with Crippen molar-refractivity contribution in [1.82, 2.24) is 24.5 Å². The van der Waals surface area contributed by atoms with Gasteiger partial charge in [-0.3, -0.25) is 9.78 Å². The quantitative estimate of drug-likeness (QED) is 0.236. The first-order chi connectivity index (χ1) is 21.6. The molecule has 1 aliphatic heterocycles. The fourth-order valence-corrected chi connectivity index (χ4v) is 7.12. The average molecular weight is 640 g/mol. The van der Waals surface area contributed by atoms with Crippen molar-refractivity contribution in [2.24, 2.45) is 0 Å². The summed E-state index contributed by atoms with van der Waals surface area (Å²) in [6.45, 7) is 0.657. The lowest BCUT2D eigenvalue weighted by Crippen LogP contribution is -2.46. The summed E-state index contributed by atoms with van der Waals surface area (Å²) in [5, 5.41) is 4.33. The molecule has 5 aromatic rings. The molecule has 2 aliphatic rings. The molecular weight excluding hydrogens is 610 g/mol. The van der Waals surface area contributed by atoms with Gasteiger partial charge in [0.15, 0.2) is 0 Å². The maximum Gasteiger partial charge on any atom is 0.329 e. The van der Waals surface area contributed by atoms with Gasteiger partial charge in [0.05, 0.1) is 10.4 Å². The molecule has 1 aliphatic carbocycles. The SMILES string of the molecule is CN1CCc2c(n(-c3ccc(CC4(NC(=O)NS(=O)(=O)c5ccc(Cl)cc5)CC4)cc3)c3ccc(-c4cccnc4)cc23)C1=O. The van der Waals surface area contributed by atoms with Crippen LogP contribution in [-0.4, -0.2) is 53.9 Å². The predicted octanol–water partition coefficient (Wildman–Crippen LogP) is 5.74. The highest BCUT2D eigenvalue weighted by molar-refractivity contribution is 7.90. The van der Waals surface area contributed by atoms with Crippen molar-refractivity contribution >= 4 is 44.5 Å². The number of hydrogen-bond donors (Lipinski definition) is 2. The third-order valence-corrected chi connectivity index (χ3v) is 10.2. The third kappa shape index (κ3) is 5.55. The number of fused-ring (bicyclic) bond motifs is 3. The monoisotopic (exact) mass is 639 g/mol. The van der Waals surface area contributed by atoms with Crippen LogP contribution < -0.4 is 10.0 Å². The maximum absolute atomic E-state index is 13.5. The number of aromatic nitrogens is 2. The summed E-state index contributed by atoms with van der Waals surface area (Å²) in [7, 11) is -2.20. The van der Waals surface area contributed by atoms with Crippen molar-refractivity contribution in [2.75, 3.05) is 13.6 Å². The summed E-state index contributed by atoms with van der Waals surface area (Å²) in [6, 6.07) is 23.1. The summed E-state index contributed by atoms with van der Waals surface area (Å²) in [5.74, 6) is -0.0137. The standard InChI is InChI=1S/C34H30ClN5O4S/c1-39-18-14-28-29-19-23(24-3-2-17-36-21-24)6-13-30(29)40(31(28)32(39)41)26-9-4-22(5-10-26)20-34(15-16-34)37-33(42)38-45(43,44)27-11-7-25(35)8-12-27/h2-13,17,19,21H,14-16,18,20H2,1H3,(H2,37,38,42). The van der Waals surface area contributed by atoms with E-state index in [4.69, 9.17) is 11.6 Å². The fourth-order valence-electron chi connectivity index (χ4n) is 6.09. The second-order valence-corrected chi connectivity index (χ2v) is 13.9. The van der Waals surface area contributed by atoms with E-state index in [1.807, 2.05) is 54.2 Å². The number of sulfonamides is 1. The lowest BCUT2D eigenvalue weighted by molar-refractivity contribution is 0.0773. The minimum absolute atomic E-state index is 0.0137. The van der Waals surface area contributed by atoms with E-state index < -0.39 is 21.6 Å². The van der Waals surface area contributed by atoms with E-state index in [1.54, 1.807) is 11.1 Å². The van der Waals surface area contributed by atoms with Crippen LogP contribution in [0.2, 0.25) is 5.02 Å². The van der Waals surface area contributed by atoms with E-state index in [-0.39, 0.29) is 10.8 Å². The summed E-state index contributed by atoms with van der Waals surface area (Å²) >= 11 is 5.86. The lowest BCUT2D eigenvalue weighted by Gasteiger charge is -2.24. The smallest absolute Gasteiger partial charge is 0.329 e. The molecule has 3 amide bonds. The second kappa shape index (κ2) is 11.0. The van der Waals surface area contributed by atoms with E-state index in [0.29, 0.717) is 23.7 Å². The van der Waals surface area contributed by atoms with Gasteiger partial charge in [-0.05, 0) is 97.0 Å². The second-order valence-electron chi connectivity index (χ2n) is 11.8. The Balaban J connectivity index is 1.14. The molecule has 0 spiro atoms. The molecule has 0 atom stereocenters. The number of nitrogens with zero attached hydrogens (tertiary/aromatic N) is 3. The number of benzene rings is 3. The molecule has 0 saturated heterocycles. The molecule has 3 aromatic carbocycles. The highest BCUT2D eigenvalue weighted by Crippen LogP contribution is 2.40. The number of carbonyl (C=O) groups excluding carboxylic acids is 2. The Kier molecular flexibility index (Phi) is 7.13. The molecule has 2 N–H and O–H groups in total. The van der Waals surface area contributed by atoms with Crippen LogP contribution in [-0.2, 0) is 22.9 Å². The van der Waals surface area contributed by atoms with Crippen molar-refractivity contribution < 1.29 is 18.0 Å². The first-order valence-electron chi connectivity index (χ1n) is 14.7. The molecule has 11 heteroatoms. The third-order valence-electron chi connectivity index (χ3n) is 8.63. The number of amides is 3. The fraction of sp³-hybridized carbons (Fsp3) is 0.206. The van der Waals surface area contributed by atoms with Crippen LogP contribution in [0.25, 0.3) is 27.7 Å².